The van der Waals surface area contributed by atoms with Crippen LogP contribution < -0.4 is 0 Å². The van der Waals surface area contributed by atoms with Gasteiger partial charge in [0.05, 0.1) is 5.92 Å². The molecule has 4 heteroatoms. The number of aryl methyl sites for hydroxylation is 1. The Labute approximate surface area is 133 Å². The van der Waals surface area contributed by atoms with E-state index in [4.69, 9.17) is 0 Å². The zero-order valence-corrected chi connectivity index (χ0v) is 14.2. The fourth-order valence-electron chi connectivity index (χ4n) is 3.57. The maximum Gasteiger partial charge on any atom is 0.230 e. The number of carbonyl (C=O) groups excluding carboxylic acids is 1. The highest BCUT2D eigenvalue weighted by Gasteiger charge is 2.33. The maximum absolute atomic E-state index is 13.0. The van der Waals surface area contributed by atoms with Crippen LogP contribution in [0, 0.1) is 0 Å². The van der Waals surface area contributed by atoms with Crippen molar-refractivity contribution in [2.24, 2.45) is 0 Å². The molecular formula is C16H22BrNOS. The molecule has 2 heterocycles. The molecule has 3 rings (SSSR count). The van der Waals surface area contributed by atoms with Crippen LogP contribution in [-0.2, 0) is 11.2 Å². The van der Waals surface area contributed by atoms with E-state index in [1.165, 1.54) is 36.1 Å². The van der Waals surface area contributed by atoms with Gasteiger partial charge in [0, 0.05) is 22.8 Å². The fourth-order valence-corrected chi connectivity index (χ4v) is 5.23. The third-order valence-electron chi connectivity index (χ3n) is 4.69. The molecule has 0 bridgehead atoms. The molecule has 0 N–H and O–H groups in total. The highest BCUT2D eigenvalue weighted by atomic mass is 79.9. The summed E-state index contributed by atoms with van der Waals surface area (Å²) in [6.07, 6.45) is 8.21. The molecule has 1 aromatic heterocycles. The molecule has 20 heavy (non-hydrogen) atoms. The van der Waals surface area contributed by atoms with Gasteiger partial charge in [-0.2, -0.15) is 0 Å². The highest BCUT2D eigenvalue weighted by molar-refractivity contribution is 9.09. The lowest BCUT2D eigenvalue weighted by Gasteiger charge is -2.33. The molecule has 1 aliphatic heterocycles. The van der Waals surface area contributed by atoms with Gasteiger partial charge in [-0.1, -0.05) is 28.8 Å². The monoisotopic (exact) mass is 355 g/mol. The summed E-state index contributed by atoms with van der Waals surface area (Å²) < 4.78 is 0. The lowest BCUT2D eigenvalue weighted by molar-refractivity contribution is -0.135. The van der Waals surface area contributed by atoms with Gasteiger partial charge in [0.1, 0.15) is 0 Å². The van der Waals surface area contributed by atoms with Crippen molar-refractivity contribution >= 4 is 33.2 Å². The standard InChI is InChI=1S/C16H22BrNOS/c17-11-12-5-2-1-3-9-18(12)16(19)14-6-4-7-15-13(14)8-10-20-15/h8,10,12,14H,1-7,9,11H2. The zero-order valence-electron chi connectivity index (χ0n) is 11.8. The molecule has 2 unspecified atom stereocenters. The lowest BCUT2D eigenvalue weighted by Crippen LogP contribution is -2.44. The molecule has 1 aliphatic carbocycles. The van der Waals surface area contributed by atoms with E-state index in [0.29, 0.717) is 11.9 Å². The second-order valence-corrected chi connectivity index (χ2v) is 7.58. The van der Waals surface area contributed by atoms with Crippen LogP contribution in [-0.4, -0.2) is 28.7 Å². The molecule has 0 radical (unpaired) electrons. The summed E-state index contributed by atoms with van der Waals surface area (Å²) in [6.45, 7) is 0.949. The maximum atomic E-state index is 13.0. The second kappa shape index (κ2) is 6.61. The number of likely N-dealkylation sites (tertiary alicyclic amines) is 1. The van der Waals surface area contributed by atoms with E-state index in [1.54, 1.807) is 0 Å². The molecule has 0 saturated carbocycles. The van der Waals surface area contributed by atoms with Crippen molar-refractivity contribution in [3.63, 3.8) is 0 Å². The first-order chi connectivity index (χ1) is 9.81. The first-order valence-corrected chi connectivity index (χ1v) is 9.74. The Kier molecular flexibility index (Phi) is 4.82. The number of amides is 1. The molecule has 1 aromatic rings. The summed E-state index contributed by atoms with van der Waals surface area (Å²) in [5.74, 6) is 0.514. The van der Waals surface area contributed by atoms with Crippen LogP contribution in [0.5, 0.6) is 0 Å². The van der Waals surface area contributed by atoms with Gasteiger partial charge < -0.3 is 4.90 Å². The number of hydrogen-bond donors (Lipinski definition) is 0. The largest absolute Gasteiger partial charge is 0.338 e. The molecule has 1 amide bonds. The normalized spacial score (nSPS) is 26.9. The summed E-state index contributed by atoms with van der Waals surface area (Å²) >= 11 is 5.43. The van der Waals surface area contributed by atoms with Gasteiger partial charge in [0.15, 0.2) is 0 Å². The minimum Gasteiger partial charge on any atom is -0.338 e. The topological polar surface area (TPSA) is 20.3 Å². The molecule has 0 spiro atoms. The van der Waals surface area contributed by atoms with Gasteiger partial charge in [0.2, 0.25) is 5.91 Å². The number of rotatable bonds is 2. The number of hydrogen-bond acceptors (Lipinski definition) is 2. The van der Waals surface area contributed by atoms with Crippen molar-refractivity contribution in [2.75, 3.05) is 11.9 Å². The Hall–Kier alpha value is -0.350. The molecule has 1 saturated heterocycles. The van der Waals surface area contributed by atoms with Gasteiger partial charge in [0.25, 0.3) is 0 Å². The molecule has 2 aliphatic rings. The van der Waals surface area contributed by atoms with Crippen LogP contribution in [0.2, 0.25) is 0 Å². The van der Waals surface area contributed by atoms with Crippen LogP contribution >= 0.6 is 27.3 Å². The Morgan fingerprint density at radius 3 is 3.05 bits per heavy atom. The quantitative estimate of drug-likeness (QED) is 0.722. The molecule has 2 nitrogen and oxygen atoms in total. The molecule has 0 aromatic carbocycles. The molecule has 110 valence electrons. The van der Waals surface area contributed by atoms with E-state index < -0.39 is 0 Å². The molecule has 1 fully saturated rings. The van der Waals surface area contributed by atoms with Crippen molar-refractivity contribution in [1.29, 1.82) is 0 Å². The van der Waals surface area contributed by atoms with E-state index in [0.717, 1.165) is 31.1 Å². The second-order valence-electron chi connectivity index (χ2n) is 5.93. The summed E-state index contributed by atoms with van der Waals surface area (Å²) in [7, 11) is 0. The number of halogens is 1. The van der Waals surface area contributed by atoms with Crippen molar-refractivity contribution in [3.8, 4) is 0 Å². The van der Waals surface area contributed by atoms with Gasteiger partial charge in [-0.05, 0) is 49.1 Å². The average Bonchev–Trinajstić information content (AvgIpc) is 2.83. The number of thiophene rings is 1. The minimum atomic E-state index is 0.129. The summed E-state index contributed by atoms with van der Waals surface area (Å²) in [5, 5.41) is 3.07. The smallest absolute Gasteiger partial charge is 0.230 e. The Balaban J connectivity index is 1.81. The Bertz CT molecular complexity index is 473. The highest BCUT2D eigenvalue weighted by Crippen LogP contribution is 2.37. The number of fused-ring (bicyclic) bond motifs is 1. The summed E-state index contributed by atoms with van der Waals surface area (Å²) in [4.78, 5) is 16.7. The molecule has 2 atom stereocenters. The van der Waals surface area contributed by atoms with Gasteiger partial charge >= 0.3 is 0 Å². The van der Waals surface area contributed by atoms with Crippen LogP contribution in [0.15, 0.2) is 11.4 Å². The number of nitrogens with zero attached hydrogens (tertiary/aromatic N) is 1. The molecular weight excluding hydrogens is 334 g/mol. The van der Waals surface area contributed by atoms with Crippen molar-refractivity contribution < 1.29 is 4.79 Å². The van der Waals surface area contributed by atoms with E-state index in [1.807, 2.05) is 11.3 Å². The van der Waals surface area contributed by atoms with Crippen LogP contribution in [0.1, 0.15) is 54.9 Å². The predicted octanol–water partition coefficient (Wildman–Crippen LogP) is 4.33. The fraction of sp³-hybridized carbons (Fsp3) is 0.688. The Morgan fingerprint density at radius 2 is 2.20 bits per heavy atom. The third-order valence-corrected chi connectivity index (χ3v) is 6.43. The lowest BCUT2D eigenvalue weighted by atomic mass is 9.86. The van der Waals surface area contributed by atoms with E-state index in [2.05, 4.69) is 32.3 Å². The van der Waals surface area contributed by atoms with Crippen LogP contribution in [0.25, 0.3) is 0 Å². The Morgan fingerprint density at radius 1 is 1.30 bits per heavy atom. The van der Waals surface area contributed by atoms with Gasteiger partial charge in [-0.3, -0.25) is 4.79 Å². The summed E-state index contributed by atoms with van der Waals surface area (Å²) in [6, 6.07) is 2.58. The van der Waals surface area contributed by atoms with E-state index >= 15 is 0 Å². The number of alkyl halides is 1. The van der Waals surface area contributed by atoms with E-state index in [-0.39, 0.29) is 5.92 Å². The van der Waals surface area contributed by atoms with Gasteiger partial charge in [-0.15, -0.1) is 11.3 Å². The van der Waals surface area contributed by atoms with Crippen molar-refractivity contribution in [1.82, 2.24) is 4.90 Å². The minimum absolute atomic E-state index is 0.129. The van der Waals surface area contributed by atoms with Crippen molar-refractivity contribution in [3.05, 3.63) is 21.9 Å². The van der Waals surface area contributed by atoms with Crippen LogP contribution in [0.4, 0.5) is 0 Å². The van der Waals surface area contributed by atoms with E-state index in [9.17, 15) is 4.79 Å². The van der Waals surface area contributed by atoms with Crippen molar-refractivity contribution in [2.45, 2.75) is 56.9 Å². The SMILES string of the molecule is O=C(C1CCCc2sccc21)N1CCCCCC1CBr. The third kappa shape index (κ3) is 2.82. The van der Waals surface area contributed by atoms with Gasteiger partial charge in [-0.25, -0.2) is 0 Å². The first kappa shape index (κ1) is 14.6. The summed E-state index contributed by atoms with van der Waals surface area (Å²) in [5.41, 5.74) is 1.32. The first-order valence-electron chi connectivity index (χ1n) is 7.74. The van der Waals surface area contributed by atoms with Crippen LogP contribution in [0.3, 0.4) is 0 Å². The zero-order chi connectivity index (χ0) is 13.9. The number of carbonyl (C=O) groups is 1. The average molecular weight is 356 g/mol. The predicted molar refractivity (Wildman–Crippen MR) is 87.8 cm³/mol.